The fourth-order valence-electron chi connectivity index (χ4n) is 3.67. The second-order valence-electron chi connectivity index (χ2n) is 8.79. The molecule has 2 heterocycles. The Morgan fingerprint density at radius 2 is 1.67 bits per heavy atom. The normalized spacial score (nSPS) is 11.2. The summed E-state index contributed by atoms with van der Waals surface area (Å²) in [7, 11) is 0. The van der Waals surface area contributed by atoms with Crippen molar-refractivity contribution in [2.24, 2.45) is 5.73 Å². The van der Waals surface area contributed by atoms with Gasteiger partial charge in [0.25, 0.3) is 0 Å². The molecule has 9 nitrogen and oxygen atoms in total. The van der Waals surface area contributed by atoms with Crippen molar-refractivity contribution in [3.8, 4) is 34.1 Å². The summed E-state index contributed by atoms with van der Waals surface area (Å²) < 4.78 is 28.9. The van der Waals surface area contributed by atoms with E-state index in [4.69, 9.17) is 29.0 Å². The van der Waals surface area contributed by atoms with Gasteiger partial charge in [-0.05, 0) is 37.3 Å². The van der Waals surface area contributed by atoms with E-state index >= 15 is 0 Å². The lowest BCUT2D eigenvalue weighted by Gasteiger charge is -2.19. The van der Waals surface area contributed by atoms with Gasteiger partial charge in [-0.2, -0.15) is 0 Å². The molecule has 3 aromatic rings. The lowest BCUT2D eigenvalue weighted by atomic mass is 9.95. The molecule has 0 saturated heterocycles. The van der Waals surface area contributed by atoms with Gasteiger partial charge in [0, 0.05) is 18.7 Å². The van der Waals surface area contributed by atoms with Crippen molar-refractivity contribution in [3.63, 3.8) is 0 Å². The van der Waals surface area contributed by atoms with Crippen LogP contribution in [0.1, 0.15) is 88.0 Å². The number of carbonyl (C=O) groups is 1. The highest BCUT2D eigenvalue weighted by Gasteiger charge is 2.31. The van der Waals surface area contributed by atoms with Gasteiger partial charge in [-0.3, -0.25) is 0 Å². The number of ether oxygens (including phenoxy) is 3. The molecule has 196 valence electrons. The topological polar surface area (TPSA) is 123 Å². The van der Waals surface area contributed by atoms with Gasteiger partial charge < -0.3 is 29.0 Å². The molecular formula is C27H37N3O6. The molecule has 2 aromatic heterocycles. The summed E-state index contributed by atoms with van der Waals surface area (Å²) in [6.07, 6.45) is 3.86. The Hall–Kier alpha value is -3.33. The van der Waals surface area contributed by atoms with Crippen molar-refractivity contribution in [1.29, 1.82) is 0 Å². The van der Waals surface area contributed by atoms with E-state index in [1.165, 1.54) is 0 Å². The predicted octanol–water partition coefficient (Wildman–Crippen LogP) is 6.11. The fourth-order valence-corrected chi connectivity index (χ4v) is 3.67. The zero-order valence-corrected chi connectivity index (χ0v) is 21.9. The number of rotatable bonds is 14. The third-order valence-electron chi connectivity index (χ3n) is 5.66. The molecule has 3 rings (SSSR count). The molecule has 0 amide bonds. The average Bonchev–Trinajstić information content (AvgIpc) is 3.51. The van der Waals surface area contributed by atoms with E-state index in [0.717, 1.165) is 37.0 Å². The predicted molar refractivity (Wildman–Crippen MR) is 136 cm³/mol. The number of nitrogens with two attached hydrogens (primary N) is 1. The highest BCUT2D eigenvalue weighted by molar-refractivity contribution is 5.99. The van der Waals surface area contributed by atoms with Crippen molar-refractivity contribution < 1.29 is 28.1 Å². The molecule has 0 spiro atoms. The van der Waals surface area contributed by atoms with E-state index in [0.29, 0.717) is 47.3 Å². The standard InChI is InChI=1S/C27H37N3O6/c1-6-9-11-33-21-15-22(34-12-10-7-2)20(14-19(21)17(4)5)26-24(23-13-18(16-28)29-35-23)25(30-36-26)27(31)32-8-3/h13-15,17H,6-12,16,28H2,1-5H3. The number of hydrogen-bond donors (Lipinski definition) is 1. The van der Waals surface area contributed by atoms with Gasteiger partial charge in [0.15, 0.2) is 11.5 Å². The molecule has 0 aliphatic heterocycles. The second kappa shape index (κ2) is 13.1. The summed E-state index contributed by atoms with van der Waals surface area (Å²) in [6.45, 7) is 11.7. The van der Waals surface area contributed by atoms with E-state index in [-0.39, 0.29) is 24.8 Å². The highest BCUT2D eigenvalue weighted by atomic mass is 16.5. The number of aromatic nitrogens is 2. The lowest BCUT2D eigenvalue weighted by molar-refractivity contribution is 0.0515. The molecule has 0 unspecified atom stereocenters. The summed E-state index contributed by atoms with van der Waals surface area (Å²) in [6, 6.07) is 5.55. The first-order valence-corrected chi connectivity index (χ1v) is 12.7. The van der Waals surface area contributed by atoms with Crippen molar-refractivity contribution in [2.75, 3.05) is 19.8 Å². The molecule has 0 radical (unpaired) electrons. The van der Waals surface area contributed by atoms with Crippen LogP contribution in [0.25, 0.3) is 22.6 Å². The Morgan fingerprint density at radius 3 is 2.25 bits per heavy atom. The summed E-state index contributed by atoms with van der Waals surface area (Å²) in [5.41, 5.74) is 8.25. The zero-order valence-electron chi connectivity index (χ0n) is 21.9. The molecule has 0 fully saturated rings. The molecule has 2 N–H and O–H groups in total. The quantitative estimate of drug-likeness (QED) is 0.206. The summed E-state index contributed by atoms with van der Waals surface area (Å²) in [5.74, 6) is 1.52. The van der Waals surface area contributed by atoms with Crippen LogP contribution in [0.4, 0.5) is 0 Å². The average molecular weight is 500 g/mol. The van der Waals surface area contributed by atoms with Crippen LogP contribution in [0, 0.1) is 0 Å². The maximum atomic E-state index is 12.7. The van der Waals surface area contributed by atoms with Crippen LogP contribution < -0.4 is 15.2 Å². The number of carbonyl (C=O) groups excluding carboxylic acids is 1. The SMILES string of the molecule is CCCCOc1cc(OCCCC)c(C(C)C)cc1-c1onc(C(=O)OCC)c1-c1cc(CN)no1. The number of hydrogen-bond acceptors (Lipinski definition) is 9. The molecule has 0 bridgehead atoms. The lowest BCUT2D eigenvalue weighted by Crippen LogP contribution is -2.07. The van der Waals surface area contributed by atoms with Crippen molar-refractivity contribution in [1.82, 2.24) is 10.3 Å². The number of esters is 1. The first kappa shape index (κ1) is 27.3. The molecule has 1 aromatic carbocycles. The van der Waals surface area contributed by atoms with E-state index in [9.17, 15) is 4.79 Å². The van der Waals surface area contributed by atoms with Crippen LogP contribution >= 0.6 is 0 Å². The third kappa shape index (κ3) is 6.26. The van der Waals surface area contributed by atoms with Crippen molar-refractivity contribution in [3.05, 3.63) is 35.2 Å². The number of unbranched alkanes of at least 4 members (excludes halogenated alkanes) is 2. The highest BCUT2D eigenvalue weighted by Crippen LogP contribution is 2.44. The number of benzene rings is 1. The maximum absolute atomic E-state index is 12.7. The van der Waals surface area contributed by atoms with E-state index in [2.05, 4.69) is 38.0 Å². The summed E-state index contributed by atoms with van der Waals surface area (Å²) in [4.78, 5) is 12.7. The zero-order chi connectivity index (χ0) is 26.1. The maximum Gasteiger partial charge on any atom is 0.361 e. The molecule has 0 atom stereocenters. The van der Waals surface area contributed by atoms with Crippen LogP contribution in [-0.2, 0) is 11.3 Å². The second-order valence-corrected chi connectivity index (χ2v) is 8.79. The van der Waals surface area contributed by atoms with Crippen LogP contribution in [0.2, 0.25) is 0 Å². The van der Waals surface area contributed by atoms with Gasteiger partial charge in [-0.25, -0.2) is 4.79 Å². The van der Waals surface area contributed by atoms with Crippen LogP contribution in [-0.4, -0.2) is 36.1 Å². The van der Waals surface area contributed by atoms with Crippen molar-refractivity contribution >= 4 is 5.97 Å². The minimum Gasteiger partial charge on any atom is -0.493 e. The fraction of sp³-hybridized carbons (Fsp3) is 0.519. The molecule has 9 heteroatoms. The van der Waals surface area contributed by atoms with Gasteiger partial charge in [-0.1, -0.05) is 50.8 Å². The van der Waals surface area contributed by atoms with Crippen LogP contribution in [0.15, 0.2) is 27.2 Å². The Bertz CT molecular complexity index is 1130. The molecule has 0 aliphatic carbocycles. The largest absolute Gasteiger partial charge is 0.493 e. The third-order valence-corrected chi connectivity index (χ3v) is 5.66. The molecule has 0 saturated carbocycles. The Labute approximate surface area is 212 Å². The Morgan fingerprint density at radius 1 is 0.972 bits per heavy atom. The van der Waals surface area contributed by atoms with Gasteiger partial charge in [0.1, 0.15) is 17.1 Å². The summed E-state index contributed by atoms with van der Waals surface area (Å²) in [5, 5.41) is 8.05. The van der Waals surface area contributed by atoms with Crippen LogP contribution in [0.5, 0.6) is 11.5 Å². The van der Waals surface area contributed by atoms with Gasteiger partial charge >= 0.3 is 5.97 Å². The Kier molecular flexibility index (Phi) is 9.93. The van der Waals surface area contributed by atoms with Crippen LogP contribution in [0.3, 0.4) is 0 Å². The first-order chi connectivity index (χ1) is 17.4. The van der Waals surface area contributed by atoms with Gasteiger partial charge in [-0.15, -0.1) is 0 Å². The van der Waals surface area contributed by atoms with E-state index < -0.39 is 5.97 Å². The number of nitrogens with zero attached hydrogens (tertiary/aromatic N) is 2. The van der Waals surface area contributed by atoms with Gasteiger partial charge in [0.05, 0.1) is 31.1 Å². The van der Waals surface area contributed by atoms with Gasteiger partial charge in [0.2, 0.25) is 5.69 Å². The Balaban J connectivity index is 2.21. The minimum absolute atomic E-state index is 0.000416. The molecular weight excluding hydrogens is 462 g/mol. The first-order valence-electron chi connectivity index (χ1n) is 12.7. The minimum atomic E-state index is -0.620. The monoisotopic (exact) mass is 499 g/mol. The molecule has 36 heavy (non-hydrogen) atoms. The van der Waals surface area contributed by atoms with E-state index in [1.54, 1.807) is 13.0 Å². The van der Waals surface area contributed by atoms with E-state index in [1.807, 2.05) is 12.1 Å². The smallest absolute Gasteiger partial charge is 0.361 e. The van der Waals surface area contributed by atoms with Crippen molar-refractivity contribution in [2.45, 2.75) is 72.8 Å². The summed E-state index contributed by atoms with van der Waals surface area (Å²) >= 11 is 0. The molecule has 0 aliphatic rings.